The van der Waals surface area contributed by atoms with Crippen LogP contribution in [0.25, 0.3) is 0 Å². The van der Waals surface area contributed by atoms with Crippen LogP contribution in [-0.4, -0.2) is 53.5 Å². The molecule has 1 fully saturated rings. The van der Waals surface area contributed by atoms with Gasteiger partial charge < -0.3 is 10.0 Å². The van der Waals surface area contributed by atoms with Crippen molar-refractivity contribution in [2.24, 2.45) is 0 Å². The topological polar surface area (TPSA) is 60.9 Å². The highest BCUT2D eigenvalue weighted by atomic mass is 35.5. The molecule has 1 aliphatic heterocycles. The van der Waals surface area contributed by atoms with Crippen molar-refractivity contribution in [2.75, 3.05) is 26.7 Å². The summed E-state index contributed by atoms with van der Waals surface area (Å²) >= 11 is 0. The van der Waals surface area contributed by atoms with Gasteiger partial charge in [-0.05, 0) is 31.9 Å². The van der Waals surface area contributed by atoms with Crippen LogP contribution >= 0.6 is 12.4 Å². The molecule has 1 saturated heterocycles. The van der Waals surface area contributed by atoms with E-state index in [1.165, 1.54) is 6.42 Å². The van der Waals surface area contributed by atoms with Gasteiger partial charge in [0.05, 0.1) is 6.42 Å². The summed E-state index contributed by atoms with van der Waals surface area (Å²) in [5.74, 6) is -0.761. The van der Waals surface area contributed by atoms with Gasteiger partial charge in [0, 0.05) is 19.6 Å². The van der Waals surface area contributed by atoms with Gasteiger partial charge in [0.25, 0.3) is 0 Å². The fourth-order valence-corrected chi connectivity index (χ4v) is 2.91. The molecule has 128 valence electrons. The average Bonchev–Trinajstić information content (AvgIpc) is 2.55. The first-order valence-electron chi connectivity index (χ1n) is 7.85. The molecule has 1 heterocycles. The van der Waals surface area contributed by atoms with Crippen LogP contribution in [0.3, 0.4) is 0 Å². The van der Waals surface area contributed by atoms with E-state index in [1.807, 2.05) is 47.2 Å². The minimum absolute atomic E-state index is 0. The standard InChI is InChI=1S/C17H24N2O3.ClH/c1-18(13-10-15(20)21)16(14-8-4-2-5-9-14)17(22)19-11-6-3-7-12-19;/h2,4-5,8-9,16H,3,6-7,10-13H2,1H3,(H,20,21);1H. The maximum absolute atomic E-state index is 12.9. The smallest absolute Gasteiger partial charge is 0.304 e. The summed E-state index contributed by atoms with van der Waals surface area (Å²) < 4.78 is 0. The number of benzene rings is 1. The molecule has 23 heavy (non-hydrogen) atoms. The third kappa shape index (κ3) is 5.52. The highest BCUT2D eigenvalue weighted by Gasteiger charge is 2.30. The third-order valence-electron chi connectivity index (χ3n) is 4.14. The predicted molar refractivity (Wildman–Crippen MR) is 91.7 cm³/mol. The minimum Gasteiger partial charge on any atom is -0.481 e. The number of likely N-dealkylation sites (tertiary alicyclic amines) is 1. The molecule has 0 bridgehead atoms. The summed E-state index contributed by atoms with van der Waals surface area (Å²) in [5.41, 5.74) is 0.922. The monoisotopic (exact) mass is 340 g/mol. The summed E-state index contributed by atoms with van der Waals surface area (Å²) in [4.78, 5) is 27.5. The second-order valence-corrected chi connectivity index (χ2v) is 5.82. The molecule has 0 spiro atoms. The zero-order valence-corrected chi connectivity index (χ0v) is 14.3. The molecule has 6 heteroatoms. The van der Waals surface area contributed by atoms with E-state index in [4.69, 9.17) is 5.11 Å². The number of nitrogens with zero attached hydrogens (tertiary/aromatic N) is 2. The van der Waals surface area contributed by atoms with Crippen molar-refractivity contribution in [1.29, 1.82) is 0 Å². The number of aliphatic carboxylic acids is 1. The zero-order chi connectivity index (χ0) is 15.9. The van der Waals surface area contributed by atoms with E-state index < -0.39 is 12.0 Å². The first-order chi connectivity index (χ1) is 10.6. The lowest BCUT2D eigenvalue weighted by molar-refractivity contribution is -0.141. The molecule has 1 aromatic rings. The maximum Gasteiger partial charge on any atom is 0.304 e. The highest BCUT2D eigenvalue weighted by Crippen LogP contribution is 2.24. The van der Waals surface area contributed by atoms with Gasteiger partial charge in [-0.3, -0.25) is 14.5 Å². The Morgan fingerprint density at radius 1 is 1.17 bits per heavy atom. The number of carboxylic acid groups (broad SMARTS) is 1. The number of halogens is 1. The first kappa shape index (κ1) is 19.5. The van der Waals surface area contributed by atoms with Crippen molar-refractivity contribution < 1.29 is 14.7 Å². The Morgan fingerprint density at radius 2 is 1.78 bits per heavy atom. The van der Waals surface area contributed by atoms with Crippen LogP contribution in [0.4, 0.5) is 0 Å². The normalized spacial score (nSPS) is 15.8. The largest absolute Gasteiger partial charge is 0.481 e. The minimum atomic E-state index is -0.843. The lowest BCUT2D eigenvalue weighted by atomic mass is 10.0. The second-order valence-electron chi connectivity index (χ2n) is 5.82. The van der Waals surface area contributed by atoms with E-state index in [0.717, 1.165) is 31.5 Å². The second kappa shape index (κ2) is 9.53. The maximum atomic E-state index is 12.9. The number of piperidine rings is 1. The molecule has 2 rings (SSSR count). The highest BCUT2D eigenvalue weighted by molar-refractivity contribution is 5.85. The number of carboxylic acids is 1. The number of amides is 1. The number of hydrogen-bond donors (Lipinski definition) is 1. The van der Waals surface area contributed by atoms with Crippen molar-refractivity contribution in [3.63, 3.8) is 0 Å². The van der Waals surface area contributed by atoms with E-state index in [2.05, 4.69) is 0 Å². The molecule has 1 aliphatic rings. The van der Waals surface area contributed by atoms with Gasteiger partial charge in [0.2, 0.25) is 5.91 Å². The quantitative estimate of drug-likeness (QED) is 0.864. The lowest BCUT2D eigenvalue weighted by Gasteiger charge is -2.34. The van der Waals surface area contributed by atoms with Crippen LogP contribution in [0.5, 0.6) is 0 Å². The Labute approximate surface area is 143 Å². The Morgan fingerprint density at radius 3 is 2.35 bits per heavy atom. The van der Waals surface area contributed by atoms with E-state index >= 15 is 0 Å². The van der Waals surface area contributed by atoms with Gasteiger partial charge in [0.15, 0.2) is 0 Å². The van der Waals surface area contributed by atoms with Gasteiger partial charge >= 0.3 is 5.97 Å². The molecule has 1 unspecified atom stereocenters. The van der Waals surface area contributed by atoms with Gasteiger partial charge in [-0.25, -0.2) is 0 Å². The molecule has 1 atom stereocenters. The number of carbonyl (C=O) groups is 2. The van der Waals surface area contributed by atoms with Gasteiger partial charge in [-0.15, -0.1) is 12.4 Å². The molecular weight excluding hydrogens is 316 g/mol. The van der Waals surface area contributed by atoms with E-state index in [9.17, 15) is 9.59 Å². The van der Waals surface area contributed by atoms with Gasteiger partial charge in [-0.1, -0.05) is 30.3 Å². The van der Waals surface area contributed by atoms with Crippen LogP contribution in [0.2, 0.25) is 0 Å². The summed E-state index contributed by atoms with van der Waals surface area (Å²) in [6, 6.07) is 9.21. The van der Waals surface area contributed by atoms with Crippen molar-refractivity contribution in [3.05, 3.63) is 35.9 Å². The summed E-state index contributed by atoms with van der Waals surface area (Å²) in [7, 11) is 1.82. The Bertz CT molecular complexity index is 504. The number of likely N-dealkylation sites (N-methyl/N-ethyl adjacent to an activating group) is 1. The van der Waals surface area contributed by atoms with Crippen LogP contribution in [-0.2, 0) is 9.59 Å². The summed E-state index contributed by atoms with van der Waals surface area (Å²) in [5, 5.41) is 8.88. The Hall–Kier alpha value is -1.59. The Kier molecular flexibility index (Phi) is 8.06. The lowest BCUT2D eigenvalue weighted by Crippen LogP contribution is -2.44. The fraction of sp³-hybridized carbons (Fsp3) is 0.529. The zero-order valence-electron chi connectivity index (χ0n) is 13.5. The van der Waals surface area contributed by atoms with Crippen molar-refractivity contribution >= 4 is 24.3 Å². The van der Waals surface area contributed by atoms with E-state index in [0.29, 0.717) is 6.54 Å². The third-order valence-corrected chi connectivity index (χ3v) is 4.14. The van der Waals surface area contributed by atoms with Crippen molar-refractivity contribution in [1.82, 2.24) is 9.80 Å². The molecule has 0 aliphatic carbocycles. The van der Waals surface area contributed by atoms with Crippen LogP contribution in [0.15, 0.2) is 30.3 Å². The van der Waals surface area contributed by atoms with Crippen LogP contribution in [0.1, 0.15) is 37.3 Å². The Balaban J connectivity index is 0.00000264. The number of rotatable bonds is 6. The van der Waals surface area contributed by atoms with Crippen LogP contribution < -0.4 is 0 Å². The average molecular weight is 341 g/mol. The molecular formula is C17H25ClN2O3. The molecule has 0 aromatic heterocycles. The molecule has 1 amide bonds. The van der Waals surface area contributed by atoms with E-state index in [-0.39, 0.29) is 24.7 Å². The molecule has 0 radical (unpaired) electrons. The SMILES string of the molecule is CN(CCC(=O)O)C(C(=O)N1CCCCC1)c1ccccc1.Cl. The summed E-state index contributed by atoms with van der Waals surface area (Å²) in [6.45, 7) is 1.96. The first-order valence-corrected chi connectivity index (χ1v) is 7.85. The molecule has 1 aromatic carbocycles. The van der Waals surface area contributed by atoms with Crippen LogP contribution in [0, 0.1) is 0 Å². The van der Waals surface area contributed by atoms with Crippen molar-refractivity contribution in [3.8, 4) is 0 Å². The number of hydrogen-bond acceptors (Lipinski definition) is 3. The molecule has 5 nitrogen and oxygen atoms in total. The molecule has 0 saturated carbocycles. The van der Waals surface area contributed by atoms with Gasteiger partial charge in [0.1, 0.15) is 6.04 Å². The summed E-state index contributed by atoms with van der Waals surface area (Å²) in [6.07, 6.45) is 3.31. The number of carbonyl (C=O) groups excluding carboxylic acids is 1. The predicted octanol–water partition coefficient (Wildman–Crippen LogP) is 2.57. The van der Waals surface area contributed by atoms with E-state index in [1.54, 1.807) is 0 Å². The molecule has 1 N–H and O–H groups in total. The fourth-order valence-electron chi connectivity index (χ4n) is 2.91. The van der Waals surface area contributed by atoms with Gasteiger partial charge in [-0.2, -0.15) is 0 Å². The van der Waals surface area contributed by atoms with Crippen molar-refractivity contribution in [2.45, 2.75) is 31.7 Å².